The predicted molar refractivity (Wildman–Crippen MR) is 89.0 cm³/mol. The molecule has 0 bridgehead atoms. The molecule has 0 aliphatic rings. The van der Waals surface area contributed by atoms with Crippen LogP contribution in [0.2, 0.25) is 0 Å². The number of aromatic nitrogens is 2. The summed E-state index contributed by atoms with van der Waals surface area (Å²) < 4.78 is 32.2. The van der Waals surface area contributed by atoms with E-state index in [1.54, 1.807) is 6.92 Å². The molecule has 0 atom stereocenters. The van der Waals surface area contributed by atoms with Crippen molar-refractivity contribution in [1.29, 1.82) is 0 Å². The first-order valence-electron chi connectivity index (χ1n) is 7.04. The van der Waals surface area contributed by atoms with Gasteiger partial charge < -0.3 is 10.1 Å². The Morgan fingerprint density at radius 3 is 2.46 bits per heavy atom. The highest BCUT2D eigenvalue weighted by Gasteiger charge is 2.16. The van der Waals surface area contributed by atoms with Crippen molar-refractivity contribution >= 4 is 27.4 Å². The quantitative estimate of drug-likeness (QED) is 0.820. The van der Waals surface area contributed by atoms with E-state index in [1.807, 2.05) is 0 Å². The summed E-state index contributed by atoms with van der Waals surface area (Å²) >= 11 is 0. The molecule has 24 heavy (non-hydrogen) atoms. The van der Waals surface area contributed by atoms with E-state index in [-0.39, 0.29) is 23.2 Å². The van der Waals surface area contributed by atoms with Crippen LogP contribution in [0.5, 0.6) is 0 Å². The van der Waals surface area contributed by atoms with Gasteiger partial charge in [0, 0.05) is 31.5 Å². The summed E-state index contributed by atoms with van der Waals surface area (Å²) in [5.74, 6) is 0.322. The minimum atomic E-state index is -3.80. The number of anilines is 2. The normalized spacial score (nSPS) is 11.1. The first-order valence-corrected chi connectivity index (χ1v) is 8.52. The monoisotopic (exact) mass is 350 g/mol. The van der Waals surface area contributed by atoms with Crippen LogP contribution in [0.3, 0.4) is 0 Å². The standard InChI is InChI=1S/C15H18N4O4S/c1-10-8-14(18-15(16-10)9-23-3)19-24(21,22)13-6-4-12(5-7-13)17-11(2)20/h4-8H,9H2,1-3H3,(H,17,20)(H,16,18,19). The number of aryl methyl sites for hydroxylation is 1. The summed E-state index contributed by atoms with van der Waals surface area (Å²) in [6.07, 6.45) is 0. The molecule has 0 aliphatic carbocycles. The summed E-state index contributed by atoms with van der Waals surface area (Å²) in [7, 11) is -2.29. The topological polar surface area (TPSA) is 110 Å². The number of carbonyl (C=O) groups excluding carboxylic acids is 1. The van der Waals surface area contributed by atoms with Crippen molar-refractivity contribution in [1.82, 2.24) is 9.97 Å². The minimum Gasteiger partial charge on any atom is -0.377 e. The number of ether oxygens (including phenoxy) is 1. The summed E-state index contributed by atoms with van der Waals surface area (Å²) in [6, 6.07) is 7.35. The van der Waals surface area contributed by atoms with Crippen LogP contribution in [0.1, 0.15) is 18.4 Å². The molecule has 9 heteroatoms. The fourth-order valence-corrected chi connectivity index (χ4v) is 2.99. The fourth-order valence-electron chi connectivity index (χ4n) is 1.99. The van der Waals surface area contributed by atoms with Gasteiger partial charge in [-0.1, -0.05) is 0 Å². The van der Waals surface area contributed by atoms with Gasteiger partial charge in [-0.2, -0.15) is 0 Å². The molecule has 128 valence electrons. The average Bonchev–Trinajstić information content (AvgIpc) is 2.46. The summed E-state index contributed by atoms with van der Waals surface area (Å²) in [5.41, 5.74) is 1.14. The zero-order valence-corrected chi connectivity index (χ0v) is 14.3. The second-order valence-corrected chi connectivity index (χ2v) is 6.74. The molecule has 2 aromatic rings. The van der Waals surface area contributed by atoms with Crippen LogP contribution in [-0.2, 0) is 26.2 Å². The molecule has 1 aromatic heterocycles. The van der Waals surface area contributed by atoms with Crippen LogP contribution in [0.15, 0.2) is 35.2 Å². The maximum Gasteiger partial charge on any atom is 0.263 e. The lowest BCUT2D eigenvalue weighted by Gasteiger charge is -2.10. The number of benzene rings is 1. The van der Waals surface area contributed by atoms with Gasteiger partial charge in [0.25, 0.3) is 10.0 Å². The molecule has 0 saturated carbocycles. The van der Waals surface area contributed by atoms with Crippen LogP contribution in [0.25, 0.3) is 0 Å². The van der Waals surface area contributed by atoms with Crippen LogP contribution < -0.4 is 10.0 Å². The molecule has 1 amide bonds. The first-order chi connectivity index (χ1) is 11.3. The number of methoxy groups -OCH3 is 1. The van der Waals surface area contributed by atoms with Gasteiger partial charge in [-0.15, -0.1) is 0 Å². The Kier molecular flexibility index (Phi) is 5.47. The molecular formula is C15H18N4O4S. The third-order valence-corrected chi connectivity index (χ3v) is 4.27. The van der Waals surface area contributed by atoms with Gasteiger partial charge in [0.05, 0.1) is 4.90 Å². The first kappa shape index (κ1) is 17.8. The van der Waals surface area contributed by atoms with Gasteiger partial charge in [-0.25, -0.2) is 18.4 Å². The number of sulfonamides is 1. The summed E-state index contributed by atoms with van der Waals surface area (Å²) in [4.78, 5) is 19.3. The number of nitrogens with one attached hydrogen (secondary N) is 2. The zero-order chi connectivity index (χ0) is 17.7. The molecule has 0 radical (unpaired) electrons. The molecule has 1 aromatic carbocycles. The third kappa shape index (κ3) is 4.74. The van der Waals surface area contributed by atoms with Crippen LogP contribution in [0.4, 0.5) is 11.5 Å². The van der Waals surface area contributed by atoms with Crippen molar-refractivity contribution in [2.24, 2.45) is 0 Å². The molecule has 0 aliphatic heterocycles. The van der Waals surface area contributed by atoms with Crippen LogP contribution in [0, 0.1) is 6.92 Å². The number of nitrogens with zero attached hydrogens (tertiary/aromatic N) is 2. The lowest BCUT2D eigenvalue weighted by molar-refractivity contribution is -0.114. The summed E-state index contributed by atoms with van der Waals surface area (Å²) in [5, 5.41) is 2.57. The van der Waals surface area contributed by atoms with Gasteiger partial charge in [-0.05, 0) is 31.2 Å². The third-order valence-electron chi connectivity index (χ3n) is 2.90. The van der Waals surface area contributed by atoms with Crippen molar-refractivity contribution in [2.45, 2.75) is 25.3 Å². The Morgan fingerprint density at radius 1 is 1.21 bits per heavy atom. The lowest BCUT2D eigenvalue weighted by atomic mass is 10.3. The second-order valence-electron chi connectivity index (χ2n) is 5.05. The van der Waals surface area contributed by atoms with E-state index in [4.69, 9.17) is 4.74 Å². The minimum absolute atomic E-state index is 0.0566. The largest absolute Gasteiger partial charge is 0.377 e. The molecule has 0 unspecified atom stereocenters. The Balaban J connectivity index is 2.23. The molecule has 2 N–H and O–H groups in total. The number of rotatable bonds is 6. The van der Waals surface area contributed by atoms with Gasteiger partial charge in [-0.3, -0.25) is 9.52 Å². The smallest absolute Gasteiger partial charge is 0.263 e. The zero-order valence-electron chi connectivity index (χ0n) is 13.5. The number of hydrogen-bond acceptors (Lipinski definition) is 6. The van der Waals surface area contributed by atoms with Crippen molar-refractivity contribution < 1.29 is 17.9 Å². The van der Waals surface area contributed by atoms with Crippen LogP contribution >= 0.6 is 0 Å². The summed E-state index contributed by atoms with van der Waals surface area (Å²) in [6.45, 7) is 3.30. The lowest BCUT2D eigenvalue weighted by Crippen LogP contribution is -2.15. The molecule has 2 rings (SSSR count). The average molecular weight is 350 g/mol. The Labute approximate surface area is 140 Å². The van der Waals surface area contributed by atoms with Gasteiger partial charge in [0.1, 0.15) is 12.4 Å². The predicted octanol–water partition coefficient (Wildman–Crippen LogP) is 1.69. The van der Waals surface area contributed by atoms with E-state index >= 15 is 0 Å². The Morgan fingerprint density at radius 2 is 1.88 bits per heavy atom. The van der Waals surface area contributed by atoms with Gasteiger partial charge >= 0.3 is 0 Å². The fraction of sp³-hybridized carbons (Fsp3) is 0.267. The van der Waals surface area contributed by atoms with Crippen molar-refractivity contribution in [3.05, 3.63) is 41.9 Å². The molecule has 0 spiro atoms. The van der Waals surface area contributed by atoms with Crippen LogP contribution in [-0.4, -0.2) is 31.4 Å². The van der Waals surface area contributed by atoms with Gasteiger partial charge in [0.2, 0.25) is 5.91 Å². The highest BCUT2D eigenvalue weighted by Crippen LogP contribution is 2.18. The van der Waals surface area contributed by atoms with Gasteiger partial charge in [0.15, 0.2) is 5.82 Å². The van der Waals surface area contributed by atoms with E-state index < -0.39 is 10.0 Å². The second kappa shape index (κ2) is 7.37. The van der Waals surface area contributed by atoms with Crippen molar-refractivity contribution in [2.75, 3.05) is 17.1 Å². The van der Waals surface area contributed by atoms with Crippen molar-refractivity contribution in [3.63, 3.8) is 0 Å². The SMILES string of the molecule is COCc1nc(C)cc(NS(=O)(=O)c2ccc(NC(C)=O)cc2)n1. The molecule has 1 heterocycles. The highest BCUT2D eigenvalue weighted by atomic mass is 32.2. The maximum atomic E-state index is 12.4. The van der Waals surface area contributed by atoms with E-state index in [0.29, 0.717) is 17.2 Å². The number of hydrogen-bond donors (Lipinski definition) is 2. The van der Waals surface area contributed by atoms with E-state index in [9.17, 15) is 13.2 Å². The van der Waals surface area contributed by atoms with E-state index in [2.05, 4.69) is 20.0 Å². The van der Waals surface area contributed by atoms with E-state index in [0.717, 1.165) is 0 Å². The maximum absolute atomic E-state index is 12.4. The van der Waals surface area contributed by atoms with E-state index in [1.165, 1.54) is 44.4 Å². The Bertz CT molecular complexity index is 835. The Hall–Kier alpha value is -2.52. The molecule has 0 saturated heterocycles. The molecule has 8 nitrogen and oxygen atoms in total. The number of carbonyl (C=O) groups is 1. The van der Waals surface area contributed by atoms with Crippen molar-refractivity contribution in [3.8, 4) is 0 Å². The number of amides is 1. The molecule has 0 fully saturated rings. The highest BCUT2D eigenvalue weighted by molar-refractivity contribution is 7.92. The molecular weight excluding hydrogens is 332 g/mol.